The van der Waals surface area contributed by atoms with Crippen LogP contribution in [0.3, 0.4) is 0 Å². The molecule has 6 heteroatoms. The largest absolute Gasteiger partial charge is 0.507 e. The van der Waals surface area contributed by atoms with Gasteiger partial charge in [-0.15, -0.1) is 0 Å². The number of hydrogen-bond donors (Lipinski definition) is 3. The molecule has 1 aromatic rings. The number of primary amides is 1. The minimum absolute atomic E-state index is 0.0715. The summed E-state index contributed by atoms with van der Waals surface area (Å²) in [5, 5.41) is 23.2. The van der Waals surface area contributed by atoms with Crippen LogP contribution in [0.25, 0.3) is 0 Å². The standard InChI is InChI=1S/C23H30N2O4/c1-13(14-3-2-4-14)25-10-9-22-12-16(26)7-8-23(22,29)18(25)11-15-5-6-17(21(24)28)20(27)19(15)22/h5-6,13-14,18,27,29H,2-4,7-12H2,1H3,(H2,24,28)/t13-,18?,22-,23-/m1/s1. The van der Waals surface area contributed by atoms with Crippen LogP contribution >= 0.6 is 0 Å². The number of fused-ring (bicyclic) bond motifs is 1. The highest BCUT2D eigenvalue weighted by Gasteiger charge is 2.66. The molecule has 29 heavy (non-hydrogen) atoms. The van der Waals surface area contributed by atoms with Gasteiger partial charge in [-0.25, -0.2) is 0 Å². The van der Waals surface area contributed by atoms with Crippen LogP contribution in [-0.2, 0) is 16.6 Å². The van der Waals surface area contributed by atoms with Crippen molar-refractivity contribution in [2.24, 2.45) is 11.7 Å². The van der Waals surface area contributed by atoms with Gasteiger partial charge in [-0.2, -0.15) is 0 Å². The maximum absolute atomic E-state index is 12.6. The summed E-state index contributed by atoms with van der Waals surface area (Å²) < 4.78 is 0. The molecule has 0 aromatic heterocycles. The average molecular weight is 399 g/mol. The Morgan fingerprint density at radius 1 is 1.31 bits per heavy atom. The zero-order valence-corrected chi connectivity index (χ0v) is 17.0. The van der Waals surface area contributed by atoms with Crippen molar-refractivity contribution < 1.29 is 19.8 Å². The first kappa shape index (κ1) is 19.1. The lowest BCUT2D eigenvalue weighted by Gasteiger charge is -2.65. The van der Waals surface area contributed by atoms with Gasteiger partial charge in [-0.3, -0.25) is 14.5 Å². The number of phenols is 1. The number of likely N-dealkylation sites (tertiary alicyclic amines) is 1. The molecule has 1 aliphatic heterocycles. The highest BCUT2D eigenvalue weighted by atomic mass is 16.3. The Labute approximate surface area is 171 Å². The van der Waals surface area contributed by atoms with Crippen LogP contribution in [0, 0.1) is 5.92 Å². The number of amides is 1. The molecule has 0 radical (unpaired) electrons. The fourth-order valence-electron chi connectivity index (χ4n) is 6.83. The van der Waals surface area contributed by atoms with Crippen molar-refractivity contribution >= 4 is 11.7 Å². The minimum atomic E-state index is -1.09. The molecule has 1 saturated heterocycles. The monoisotopic (exact) mass is 398 g/mol. The van der Waals surface area contributed by atoms with E-state index in [0.717, 1.165) is 12.1 Å². The predicted molar refractivity (Wildman–Crippen MR) is 108 cm³/mol. The molecule has 1 heterocycles. The van der Waals surface area contributed by atoms with Gasteiger partial charge in [0, 0.05) is 35.9 Å². The van der Waals surface area contributed by atoms with Gasteiger partial charge in [-0.05, 0) is 63.1 Å². The van der Waals surface area contributed by atoms with E-state index in [1.165, 1.54) is 19.3 Å². The van der Waals surface area contributed by atoms with Crippen molar-refractivity contribution in [3.63, 3.8) is 0 Å². The van der Waals surface area contributed by atoms with Crippen LogP contribution in [0.4, 0.5) is 0 Å². The molecule has 4 aliphatic rings. The van der Waals surface area contributed by atoms with Gasteiger partial charge in [0.05, 0.1) is 11.2 Å². The molecule has 0 spiro atoms. The number of nitrogens with two attached hydrogens (primary N) is 1. The first-order valence-electron chi connectivity index (χ1n) is 10.9. The van der Waals surface area contributed by atoms with Gasteiger partial charge in [0.1, 0.15) is 11.5 Å². The van der Waals surface area contributed by atoms with Gasteiger partial charge in [0.2, 0.25) is 0 Å². The number of aliphatic hydroxyl groups is 1. The van der Waals surface area contributed by atoms with Crippen LogP contribution in [-0.4, -0.2) is 51.0 Å². The predicted octanol–water partition coefficient (Wildman–Crippen LogP) is 2.03. The molecule has 156 valence electrons. The third-order valence-corrected chi connectivity index (χ3v) is 8.64. The molecule has 4 N–H and O–H groups in total. The minimum Gasteiger partial charge on any atom is -0.507 e. The van der Waals surface area contributed by atoms with Crippen LogP contribution < -0.4 is 5.73 Å². The number of carbonyl (C=O) groups is 2. The van der Waals surface area contributed by atoms with E-state index >= 15 is 0 Å². The molecule has 1 aromatic carbocycles. The van der Waals surface area contributed by atoms with Crippen molar-refractivity contribution in [3.05, 3.63) is 28.8 Å². The fourth-order valence-corrected chi connectivity index (χ4v) is 6.83. The van der Waals surface area contributed by atoms with Crippen molar-refractivity contribution in [2.75, 3.05) is 6.54 Å². The number of aromatic hydroxyl groups is 1. The Balaban J connectivity index is 1.67. The molecule has 3 aliphatic carbocycles. The second-order valence-corrected chi connectivity index (χ2v) is 9.72. The lowest BCUT2D eigenvalue weighted by molar-refractivity contribution is -0.182. The van der Waals surface area contributed by atoms with E-state index in [-0.39, 0.29) is 29.6 Å². The number of benzene rings is 1. The second-order valence-electron chi connectivity index (χ2n) is 9.72. The van der Waals surface area contributed by atoms with Crippen LogP contribution in [0.15, 0.2) is 12.1 Å². The van der Waals surface area contributed by atoms with E-state index in [9.17, 15) is 19.8 Å². The Bertz CT molecular complexity index is 895. The summed E-state index contributed by atoms with van der Waals surface area (Å²) in [5.41, 5.74) is 5.15. The van der Waals surface area contributed by atoms with E-state index in [1.54, 1.807) is 6.07 Å². The molecule has 1 unspecified atom stereocenters. The topological polar surface area (TPSA) is 104 Å². The summed E-state index contributed by atoms with van der Waals surface area (Å²) in [4.78, 5) is 26.9. The number of nitrogens with zero attached hydrogens (tertiary/aromatic N) is 1. The van der Waals surface area contributed by atoms with Gasteiger partial charge in [0.15, 0.2) is 0 Å². The van der Waals surface area contributed by atoms with Gasteiger partial charge in [-0.1, -0.05) is 12.5 Å². The molecule has 3 fully saturated rings. The Morgan fingerprint density at radius 2 is 2.07 bits per heavy atom. The normalized spacial score (nSPS) is 35.4. The molecule has 6 nitrogen and oxygen atoms in total. The van der Waals surface area contributed by atoms with Crippen molar-refractivity contribution in [1.82, 2.24) is 4.90 Å². The quantitative estimate of drug-likeness (QED) is 0.723. The number of Topliss-reactive ketones (excluding diaryl/α,β-unsaturated/α-hetero) is 1. The molecule has 4 atom stereocenters. The summed E-state index contributed by atoms with van der Waals surface area (Å²) in [6, 6.07) is 3.76. The zero-order valence-electron chi connectivity index (χ0n) is 17.0. The Morgan fingerprint density at radius 3 is 2.72 bits per heavy atom. The summed E-state index contributed by atoms with van der Waals surface area (Å²) in [5.74, 6) is -0.0402. The molecule has 5 rings (SSSR count). The molecule has 1 amide bonds. The third kappa shape index (κ3) is 2.42. The molecular formula is C23H30N2O4. The molecule has 2 saturated carbocycles. The summed E-state index contributed by atoms with van der Waals surface area (Å²) in [6.45, 7) is 3.06. The van der Waals surface area contributed by atoms with Crippen molar-refractivity contribution in [2.45, 2.75) is 81.4 Å². The van der Waals surface area contributed by atoms with Crippen LogP contribution in [0.2, 0.25) is 0 Å². The smallest absolute Gasteiger partial charge is 0.252 e. The zero-order chi connectivity index (χ0) is 20.6. The number of carbonyl (C=O) groups excluding carboxylic acids is 2. The average Bonchev–Trinajstić information content (AvgIpc) is 2.60. The number of rotatable bonds is 3. The van der Waals surface area contributed by atoms with E-state index in [0.29, 0.717) is 43.2 Å². The molecule has 2 bridgehead atoms. The lowest BCUT2D eigenvalue weighted by Crippen LogP contribution is -2.74. The van der Waals surface area contributed by atoms with Crippen molar-refractivity contribution in [3.8, 4) is 5.75 Å². The number of hydrogen-bond acceptors (Lipinski definition) is 5. The number of piperidine rings is 1. The lowest BCUT2D eigenvalue weighted by atomic mass is 9.49. The second kappa shape index (κ2) is 6.29. The van der Waals surface area contributed by atoms with Crippen LogP contribution in [0.1, 0.15) is 73.4 Å². The van der Waals surface area contributed by atoms with Gasteiger partial charge in [0.25, 0.3) is 5.91 Å². The fraction of sp³-hybridized carbons (Fsp3) is 0.652. The first-order chi connectivity index (χ1) is 13.8. The summed E-state index contributed by atoms with van der Waals surface area (Å²) in [7, 11) is 0. The third-order valence-electron chi connectivity index (χ3n) is 8.64. The summed E-state index contributed by atoms with van der Waals surface area (Å²) >= 11 is 0. The van der Waals surface area contributed by atoms with E-state index in [1.807, 2.05) is 6.07 Å². The maximum Gasteiger partial charge on any atom is 0.252 e. The Kier molecular flexibility index (Phi) is 4.13. The first-order valence-corrected chi connectivity index (χ1v) is 10.9. The van der Waals surface area contributed by atoms with Gasteiger partial charge < -0.3 is 15.9 Å². The van der Waals surface area contributed by atoms with E-state index in [4.69, 9.17) is 5.73 Å². The molecular weight excluding hydrogens is 368 g/mol. The van der Waals surface area contributed by atoms with E-state index < -0.39 is 16.9 Å². The highest BCUT2D eigenvalue weighted by Crippen LogP contribution is 2.60. The van der Waals surface area contributed by atoms with Gasteiger partial charge >= 0.3 is 0 Å². The SMILES string of the molecule is C[C@H](C1CCC1)N1CC[C@]23CC(=O)CC[C@@]2(O)C1Cc1ccc(C(N)=O)c(O)c13. The van der Waals surface area contributed by atoms with Crippen LogP contribution in [0.5, 0.6) is 5.75 Å². The van der Waals surface area contributed by atoms with Crippen molar-refractivity contribution in [1.29, 1.82) is 0 Å². The number of ketones is 1. The Hall–Kier alpha value is -1.92. The van der Waals surface area contributed by atoms with E-state index in [2.05, 4.69) is 11.8 Å². The highest BCUT2D eigenvalue weighted by molar-refractivity contribution is 5.96. The maximum atomic E-state index is 12.6. The summed E-state index contributed by atoms with van der Waals surface area (Å²) in [6.07, 6.45) is 5.97.